The molecule has 182 valence electrons. The molecule has 3 aromatic heterocycles. The summed E-state index contributed by atoms with van der Waals surface area (Å²) in [5, 5.41) is 12.0. The minimum absolute atomic E-state index is 0.140. The fourth-order valence-electron chi connectivity index (χ4n) is 4.66. The Morgan fingerprint density at radius 2 is 1.75 bits per heavy atom. The standard InChI is InChI=1S/C26H27N9O/c1-17(36)34-11-13-35(14-12-34)21-7-5-19(6-8-21)30-26-31-24-22(9-10-27-24)25(32-26)29-20-4-3-18-16-28-33(2)23(18)15-20/h3-10,15-16H,11-14H2,1-2H3,(H3,27,28,29,30,31,32)/p+1. The summed E-state index contributed by atoms with van der Waals surface area (Å²) in [4.78, 5) is 28.4. The van der Waals surface area contributed by atoms with E-state index in [2.05, 4.69) is 54.9 Å². The molecule has 0 aliphatic carbocycles. The molecule has 0 unspecified atom stereocenters. The van der Waals surface area contributed by atoms with Crippen molar-refractivity contribution in [3.05, 3.63) is 60.9 Å². The number of rotatable bonds is 5. The Labute approximate surface area is 207 Å². The quantitative estimate of drug-likeness (QED) is 0.286. The Hall–Kier alpha value is -4.60. The van der Waals surface area contributed by atoms with E-state index in [4.69, 9.17) is 4.98 Å². The molecule has 10 nitrogen and oxygen atoms in total. The molecule has 0 atom stereocenters. The van der Waals surface area contributed by atoms with Crippen molar-refractivity contribution in [1.82, 2.24) is 25.0 Å². The van der Waals surface area contributed by atoms with E-state index in [1.165, 1.54) is 0 Å². The van der Waals surface area contributed by atoms with Gasteiger partial charge in [0, 0.05) is 62.4 Å². The van der Waals surface area contributed by atoms with Crippen molar-refractivity contribution in [3.63, 3.8) is 0 Å². The lowest BCUT2D eigenvalue weighted by Gasteiger charge is -2.35. The second kappa shape index (κ2) is 8.88. The van der Waals surface area contributed by atoms with Crippen LogP contribution in [-0.2, 0) is 11.8 Å². The van der Waals surface area contributed by atoms with E-state index in [1.54, 1.807) is 6.92 Å². The fourth-order valence-corrected chi connectivity index (χ4v) is 4.66. The summed E-state index contributed by atoms with van der Waals surface area (Å²) < 4.78 is 1.98. The fraction of sp³-hybridized carbons (Fsp3) is 0.231. The number of hydrogen-bond donors (Lipinski definition) is 4. The molecule has 10 heteroatoms. The molecular formula is C26H28N9O+. The third kappa shape index (κ3) is 4.17. The van der Waals surface area contributed by atoms with Gasteiger partial charge < -0.3 is 25.4 Å². The van der Waals surface area contributed by atoms with Gasteiger partial charge in [-0.2, -0.15) is 15.1 Å². The average molecular weight is 483 g/mol. The molecule has 0 saturated carbocycles. The number of anilines is 5. The number of benzene rings is 2. The van der Waals surface area contributed by atoms with Gasteiger partial charge in [0.2, 0.25) is 17.4 Å². The minimum Gasteiger partial charge on any atom is -0.368 e. The lowest BCUT2D eigenvalue weighted by atomic mass is 10.2. The predicted octanol–water partition coefficient (Wildman–Crippen LogP) is 3.42. The molecule has 1 saturated heterocycles. The molecule has 1 aliphatic heterocycles. The number of piperazine rings is 1. The minimum atomic E-state index is 0.140. The first-order valence-electron chi connectivity index (χ1n) is 12.0. The van der Waals surface area contributed by atoms with Gasteiger partial charge in [-0.15, -0.1) is 4.68 Å². The number of amides is 1. The molecule has 0 spiro atoms. The van der Waals surface area contributed by atoms with Crippen LogP contribution in [0, 0.1) is 0 Å². The highest BCUT2D eigenvalue weighted by molar-refractivity contribution is 5.91. The van der Waals surface area contributed by atoms with Gasteiger partial charge >= 0.3 is 0 Å². The molecule has 0 bridgehead atoms. The number of aryl methyl sites for hydroxylation is 1. The van der Waals surface area contributed by atoms with Crippen LogP contribution in [0.3, 0.4) is 0 Å². The first-order chi connectivity index (χ1) is 17.5. The van der Waals surface area contributed by atoms with E-state index in [0.29, 0.717) is 5.95 Å². The number of nitrogens with one attached hydrogen (secondary N) is 4. The monoisotopic (exact) mass is 482 g/mol. The topological polar surface area (TPSA) is 109 Å². The van der Waals surface area contributed by atoms with E-state index in [9.17, 15) is 4.79 Å². The predicted molar refractivity (Wildman–Crippen MR) is 141 cm³/mol. The van der Waals surface area contributed by atoms with E-state index in [1.807, 2.05) is 53.3 Å². The largest absolute Gasteiger partial charge is 0.368 e. The lowest BCUT2D eigenvalue weighted by Crippen LogP contribution is -2.48. The first kappa shape index (κ1) is 21.9. The molecular weight excluding hydrogens is 454 g/mol. The normalized spacial score (nSPS) is 13.9. The van der Waals surface area contributed by atoms with E-state index >= 15 is 0 Å². The highest BCUT2D eigenvalue weighted by Crippen LogP contribution is 2.28. The van der Waals surface area contributed by atoms with Crippen molar-refractivity contribution in [1.29, 1.82) is 0 Å². The highest BCUT2D eigenvalue weighted by Gasteiger charge is 2.19. The lowest BCUT2D eigenvalue weighted by molar-refractivity contribution is -0.702. The van der Waals surface area contributed by atoms with E-state index in [-0.39, 0.29) is 5.91 Å². The SMILES string of the molecule is CC(=O)N1CCN(c2ccc(Nc3nc(Nc4ccc5c[nH][n+](C)c5c4)c4cc[nH]c4n3)cc2)CC1. The Kier molecular flexibility index (Phi) is 5.40. The molecule has 1 amide bonds. The molecule has 6 rings (SSSR count). The third-order valence-electron chi connectivity index (χ3n) is 6.70. The van der Waals surface area contributed by atoms with Crippen LogP contribution in [0.5, 0.6) is 0 Å². The van der Waals surface area contributed by atoms with Crippen molar-refractivity contribution in [2.24, 2.45) is 7.05 Å². The summed E-state index contributed by atoms with van der Waals surface area (Å²) in [5.74, 6) is 1.37. The third-order valence-corrected chi connectivity index (χ3v) is 6.70. The summed E-state index contributed by atoms with van der Waals surface area (Å²) in [6.45, 7) is 4.81. The van der Waals surface area contributed by atoms with Gasteiger partial charge in [-0.3, -0.25) is 4.79 Å². The molecule has 2 aromatic carbocycles. The Bertz CT molecular complexity index is 1550. The number of carbonyl (C=O) groups is 1. The van der Waals surface area contributed by atoms with Crippen LogP contribution in [0.15, 0.2) is 60.9 Å². The number of fused-ring (bicyclic) bond motifs is 2. The van der Waals surface area contributed by atoms with Gasteiger partial charge in [0.1, 0.15) is 11.5 Å². The van der Waals surface area contributed by atoms with Gasteiger partial charge in [-0.1, -0.05) is 0 Å². The van der Waals surface area contributed by atoms with Crippen LogP contribution in [0.25, 0.3) is 21.9 Å². The van der Waals surface area contributed by atoms with Crippen molar-refractivity contribution >= 4 is 56.7 Å². The Morgan fingerprint density at radius 3 is 2.53 bits per heavy atom. The maximum Gasteiger partial charge on any atom is 0.240 e. The second-order valence-electron chi connectivity index (χ2n) is 9.03. The number of nitrogens with zero attached hydrogens (tertiary/aromatic N) is 5. The number of aromatic nitrogens is 5. The van der Waals surface area contributed by atoms with Crippen LogP contribution >= 0.6 is 0 Å². The molecule has 0 radical (unpaired) electrons. The van der Waals surface area contributed by atoms with Crippen LogP contribution < -0.4 is 20.2 Å². The summed E-state index contributed by atoms with van der Waals surface area (Å²) >= 11 is 0. The van der Waals surface area contributed by atoms with Gasteiger partial charge in [-0.05, 0) is 42.5 Å². The van der Waals surface area contributed by atoms with Gasteiger partial charge in [0.25, 0.3) is 0 Å². The first-order valence-corrected chi connectivity index (χ1v) is 12.0. The summed E-state index contributed by atoms with van der Waals surface area (Å²) in [7, 11) is 1.99. The highest BCUT2D eigenvalue weighted by atomic mass is 16.2. The Balaban J connectivity index is 1.21. The number of H-pyrrole nitrogens is 2. The summed E-state index contributed by atoms with van der Waals surface area (Å²) in [6.07, 6.45) is 3.85. The van der Waals surface area contributed by atoms with Crippen molar-refractivity contribution in [2.45, 2.75) is 6.92 Å². The zero-order valence-electron chi connectivity index (χ0n) is 20.2. The van der Waals surface area contributed by atoms with Crippen molar-refractivity contribution in [2.75, 3.05) is 41.7 Å². The zero-order chi connectivity index (χ0) is 24.6. The molecule has 1 aliphatic rings. The van der Waals surface area contributed by atoms with Crippen LogP contribution in [0.1, 0.15) is 6.92 Å². The van der Waals surface area contributed by atoms with Crippen LogP contribution in [0.2, 0.25) is 0 Å². The van der Waals surface area contributed by atoms with Crippen molar-refractivity contribution in [3.8, 4) is 0 Å². The molecule has 5 aromatic rings. The summed E-state index contributed by atoms with van der Waals surface area (Å²) in [6, 6.07) is 16.4. The zero-order valence-corrected chi connectivity index (χ0v) is 20.2. The van der Waals surface area contributed by atoms with Gasteiger partial charge in [0.05, 0.1) is 17.0 Å². The molecule has 4 heterocycles. The van der Waals surface area contributed by atoms with E-state index < -0.39 is 0 Å². The molecule has 1 fully saturated rings. The molecule has 36 heavy (non-hydrogen) atoms. The smallest absolute Gasteiger partial charge is 0.240 e. The van der Waals surface area contributed by atoms with Crippen LogP contribution in [-0.4, -0.2) is 57.0 Å². The van der Waals surface area contributed by atoms with E-state index in [0.717, 1.165) is 71.0 Å². The van der Waals surface area contributed by atoms with Crippen molar-refractivity contribution < 1.29 is 9.48 Å². The van der Waals surface area contributed by atoms with Gasteiger partial charge in [-0.25, -0.2) is 0 Å². The number of aromatic amines is 2. The maximum atomic E-state index is 11.6. The van der Waals surface area contributed by atoms with Crippen LogP contribution in [0.4, 0.5) is 28.8 Å². The second-order valence-corrected chi connectivity index (χ2v) is 9.03. The Morgan fingerprint density at radius 1 is 0.972 bits per heavy atom. The van der Waals surface area contributed by atoms with Gasteiger partial charge in [0.15, 0.2) is 7.05 Å². The number of hydrogen-bond acceptors (Lipinski definition) is 6. The summed E-state index contributed by atoms with van der Waals surface area (Å²) in [5.41, 5.74) is 4.83. The molecule has 4 N–H and O–H groups in total. The number of carbonyl (C=O) groups excluding carboxylic acids is 1. The maximum absolute atomic E-state index is 11.6. The average Bonchev–Trinajstić information content (AvgIpc) is 3.51.